The molecule has 1 aromatic rings. The van der Waals surface area contributed by atoms with E-state index in [1.165, 1.54) is 5.56 Å². The first-order chi connectivity index (χ1) is 9.76. The van der Waals surface area contributed by atoms with Crippen LogP contribution in [0.25, 0.3) is 0 Å². The highest BCUT2D eigenvalue weighted by Gasteiger charge is 2.20. The lowest BCUT2D eigenvalue weighted by atomic mass is 10.0. The SMILES string of the molecule is CCCOc1cc2c(cc1OCCC)C(Cl)COCC2. The molecule has 112 valence electrons. The van der Waals surface area contributed by atoms with E-state index in [0.29, 0.717) is 26.4 Å². The number of fused-ring (bicyclic) bond motifs is 1. The molecule has 1 atom stereocenters. The van der Waals surface area contributed by atoms with Crippen LogP contribution in [0.5, 0.6) is 11.5 Å². The molecule has 0 saturated carbocycles. The van der Waals surface area contributed by atoms with Gasteiger partial charge in [0.05, 0.1) is 31.8 Å². The first-order valence-electron chi connectivity index (χ1n) is 7.40. The summed E-state index contributed by atoms with van der Waals surface area (Å²) in [4.78, 5) is 0. The fourth-order valence-electron chi connectivity index (χ4n) is 2.23. The molecule has 0 bridgehead atoms. The van der Waals surface area contributed by atoms with E-state index in [-0.39, 0.29) is 5.38 Å². The molecular formula is C16H23ClO3. The molecule has 0 amide bonds. The quantitative estimate of drug-likeness (QED) is 0.740. The Morgan fingerprint density at radius 1 is 1.15 bits per heavy atom. The fraction of sp³-hybridized carbons (Fsp3) is 0.625. The lowest BCUT2D eigenvalue weighted by Gasteiger charge is -2.17. The van der Waals surface area contributed by atoms with Crippen molar-refractivity contribution >= 4 is 11.6 Å². The molecule has 1 aliphatic heterocycles. The summed E-state index contributed by atoms with van der Waals surface area (Å²) in [6.07, 6.45) is 2.82. The Labute approximate surface area is 126 Å². The van der Waals surface area contributed by atoms with Gasteiger partial charge < -0.3 is 14.2 Å². The first-order valence-corrected chi connectivity index (χ1v) is 7.84. The fourth-order valence-corrected chi connectivity index (χ4v) is 2.53. The smallest absolute Gasteiger partial charge is 0.161 e. The molecule has 0 aliphatic carbocycles. The number of hydrogen-bond donors (Lipinski definition) is 0. The topological polar surface area (TPSA) is 27.7 Å². The van der Waals surface area contributed by atoms with Crippen molar-refractivity contribution in [3.63, 3.8) is 0 Å². The second-order valence-corrected chi connectivity index (χ2v) is 5.51. The van der Waals surface area contributed by atoms with Crippen molar-refractivity contribution in [2.24, 2.45) is 0 Å². The zero-order valence-corrected chi connectivity index (χ0v) is 13.0. The van der Waals surface area contributed by atoms with E-state index in [2.05, 4.69) is 19.9 Å². The Bertz CT molecular complexity index is 434. The van der Waals surface area contributed by atoms with E-state index in [0.717, 1.165) is 36.3 Å². The van der Waals surface area contributed by atoms with Crippen LogP contribution in [0.15, 0.2) is 12.1 Å². The number of hydrogen-bond acceptors (Lipinski definition) is 3. The second-order valence-electron chi connectivity index (χ2n) is 4.99. The molecule has 1 aromatic carbocycles. The molecule has 0 N–H and O–H groups in total. The molecule has 20 heavy (non-hydrogen) atoms. The minimum absolute atomic E-state index is 0.114. The summed E-state index contributed by atoms with van der Waals surface area (Å²) in [5.41, 5.74) is 2.32. The molecule has 3 nitrogen and oxygen atoms in total. The van der Waals surface area contributed by atoms with Gasteiger partial charge in [0, 0.05) is 0 Å². The van der Waals surface area contributed by atoms with E-state index >= 15 is 0 Å². The lowest BCUT2D eigenvalue weighted by molar-refractivity contribution is 0.143. The highest BCUT2D eigenvalue weighted by Crippen LogP contribution is 2.37. The summed E-state index contributed by atoms with van der Waals surface area (Å²) in [6.45, 7) is 6.83. The van der Waals surface area contributed by atoms with Gasteiger partial charge in [0.25, 0.3) is 0 Å². The van der Waals surface area contributed by atoms with Crippen LogP contribution in [-0.2, 0) is 11.2 Å². The maximum atomic E-state index is 6.39. The van der Waals surface area contributed by atoms with E-state index in [9.17, 15) is 0 Å². The zero-order valence-electron chi connectivity index (χ0n) is 12.3. The minimum atomic E-state index is -0.114. The van der Waals surface area contributed by atoms with Crippen molar-refractivity contribution in [1.29, 1.82) is 0 Å². The zero-order chi connectivity index (χ0) is 14.4. The Morgan fingerprint density at radius 3 is 2.45 bits per heavy atom. The van der Waals surface area contributed by atoms with Crippen LogP contribution in [0.3, 0.4) is 0 Å². The van der Waals surface area contributed by atoms with Gasteiger partial charge in [-0.1, -0.05) is 13.8 Å². The standard InChI is InChI=1S/C16H23ClO3/c1-3-6-19-15-9-12-5-8-18-11-14(17)13(12)10-16(15)20-7-4-2/h9-10,14H,3-8,11H2,1-2H3. The van der Waals surface area contributed by atoms with Crippen molar-refractivity contribution in [2.45, 2.75) is 38.5 Å². The molecular weight excluding hydrogens is 276 g/mol. The van der Waals surface area contributed by atoms with Crippen LogP contribution in [0.1, 0.15) is 43.2 Å². The molecule has 1 aliphatic rings. The molecule has 1 heterocycles. The summed E-state index contributed by atoms with van der Waals surface area (Å²) in [5, 5.41) is -0.114. The Kier molecular flexibility index (Phi) is 5.99. The molecule has 0 radical (unpaired) electrons. The highest BCUT2D eigenvalue weighted by molar-refractivity contribution is 6.21. The van der Waals surface area contributed by atoms with Crippen molar-refractivity contribution in [3.8, 4) is 11.5 Å². The van der Waals surface area contributed by atoms with E-state index in [4.69, 9.17) is 25.8 Å². The maximum Gasteiger partial charge on any atom is 0.161 e. The van der Waals surface area contributed by atoms with Gasteiger partial charge >= 0.3 is 0 Å². The van der Waals surface area contributed by atoms with Crippen molar-refractivity contribution in [2.75, 3.05) is 26.4 Å². The van der Waals surface area contributed by atoms with Crippen LogP contribution in [0, 0.1) is 0 Å². The van der Waals surface area contributed by atoms with Crippen LogP contribution >= 0.6 is 11.6 Å². The summed E-state index contributed by atoms with van der Waals surface area (Å²) in [5.74, 6) is 1.62. The predicted molar refractivity (Wildman–Crippen MR) is 81.1 cm³/mol. The molecule has 4 heteroatoms. The predicted octanol–water partition coefficient (Wildman–Crippen LogP) is 4.12. The van der Waals surface area contributed by atoms with Gasteiger partial charge in [-0.3, -0.25) is 0 Å². The second kappa shape index (κ2) is 7.75. The minimum Gasteiger partial charge on any atom is -0.490 e. The van der Waals surface area contributed by atoms with Crippen molar-refractivity contribution in [3.05, 3.63) is 23.3 Å². The third kappa shape index (κ3) is 3.80. The van der Waals surface area contributed by atoms with Gasteiger partial charge in [-0.25, -0.2) is 0 Å². The first kappa shape index (κ1) is 15.5. The maximum absolute atomic E-state index is 6.39. The third-order valence-electron chi connectivity index (χ3n) is 3.25. The molecule has 0 fully saturated rings. The average Bonchev–Trinajstić information content (AvgIpc) is 2.64. The van der Waals surface area contributed by atoms with Crippen LogP contribution < -0.4 is 9.47 Å². The molecule has 0 saturated heterocycles. The largest absolute Gasteiger partial charge is 0.490 e. The normalized spacial score (nSPS) is 18.2. The van der Waals surface area contributed by atoms with E-state index < -0.39 is 0 Å². The lowest BCUT2D eigenvalue weighted by Crippen LogP contribution is -2.05. The number of alkyl halides is 1. The van der Waals surface area contributed by atoms with Crippen LogP contribution in [0.4, 0.5) is 0 Å². The van der Waals surface area contributed by atoms with Gasteiger partial charge in [0.15, 0.2) is 11.5 Å². The van der Waals surface area contributed by atoms with Crippen molar-refractivity contribution < 1.29 is 14.2 Å². The molecule has 1 unspecified atom stereocenters. The van der Waals surface area contributed by atoms with Crippen LogP contribution in [-0.4, -0.2) is 26.4 Å². The average molecular weight is 299 g/mol. The number of ether oxygens (including phenoxy) is 3. The van der Waals surface area contributed by atoms with Crippen molar-refractivity contribution in [1.82, 2.24) is 0 Å². The molecule has 0 aromatic heterocycles. The van der Waals surface area contributed by atoms with Crippen LogP contribution in [0.2, 0.25) is 0 Å². The Morgan fingerprint density at radius 2 is 1.80 bits per heavy atom. The Hall–Kier alpha value is -0.930. The third-order valence-corrected chi connectivity index (χ3v) is 3.61. The highest BCUT2D eigenvalue weighted by atomic mass is 35.5. The molecule has 2 rings (SSSR count). The summed E-state index contributed by atoms with van der Waals surface area (Å²) >= 11 is 6.39. The Balaban J connectivity index is 2.31. The molecule has 0 spiro atoms. The van der Waals surface area contributed by atoms with E-state index in [1.807, 2.05) is 6.07 Å². The monoisotopic (exact) mass is 298 g/mol. The van der Waals surface area contributed by atoms with Gasteiger partial charge in [-0.15, -0.1) is 11.6 Å². The summed E-state index contributed by atoms with van der Waals surface area (Å²) in [6, 6.07) is 4.10. The number of rotatable bonds is 6. The summed E-state index contributed by atoms with van der Waals surface area (Å²) < 4.78 is 17.1. The summed E-state index contributed by atoms with van der Waals surface area (Å²) in [7, 11) is 0. The number of benzene rings is 1. The van der Waals surface area contributed by atoms with Gasteiger partial charge in [0.1, 0.15) is 0 Å². The van der Waals surface area contributed by atoms with Gasteiger partial charge in [0.2, 0.25) is 0 Å². The van der Waals surface area contributed by atoms with Gasteiger partial charge in [-0.2, -0.15) is 0 Å². The van der Waals surface area contributed by atoms with Gasteiger partial charge in [-0.05, 0) is 42.5 Å². The number of halogens is 1. The van der Waals surface area contributed by atoms with E-state index in [1.54, 1.807) is 0 Å².